The van der Waals surface area contributed by atoms with E-state index in [9.17, 15) is 0 Å². The summed E-state index contributed by atoms with van der Waals surface area (Å²) in [7, 11) is 0. The van der Waals surface area contributed by atoms with Crippen molar-refractivity contribution in [3.63, 3.8) is 0 Å². The van der Waals surface area contributed by atoms with Crippen molar-refractivity contribution in [2.45, 2.75) is 19.4 Å². The van der Waals surface area contributed by atoms with E-state index in [4.69, 9.17) is 4.74 Å². The van der Waals surface area contributed by atoms with E-state index in [-0.39, 0.29) is 12.4 Å². The van der Waals surface area contributed by atoms with Gasteiger partial charge in [-0.25, -0.2) is 0 Å². The van der Waals surface area contributed by atoms with Crippen molar-refractivity contribution >= 4 is 12.4 Å². The first-order valence-corrected chi connectivity index (χ1v) is 5.22. The van der Waals surface area contributed by atoms with Gasteiger partial charge in [0.15, 0.2) is 0 Å². The summed E-state index contributed by atoms with van der Waals surface area (Å²) in [4.78, 5) is 0. The standard InChI is InChI=1S/C10H17N3O.ClH/c1-2-9(1)8-14-6-5-11-7-10-3-4-12-13-10;/h3-4,9,11H,1-2,5-8H2,(H,12,13);1H. The Morgan fingerprint density at radius 3 is 3.07 bits per heavy atom. The van der Waals surface area contributed by atoms with Crippen LogP contribution in [-0.2, 0) is 11.3 Å². The van der Waals surface area contributed by atoms with E-state index in [0.29, 0.717) is 0 Å². The van der Waals surface area contributed by atoms with Crippen molar-refractivity contribution in [1.82, 2.24) is 15.5 Å². The summed E-state index contributed by atoms with van der Waals surface area (Å²) in [5.74, 6) is 0.864. The van der Waals surface area contributed by atoms with Crippen molar-refractivity contribution in [3.05, 3.63) is 18.0 Å². The highest BCUT2D eigenvalue weighted by Crippen LogP contribution is 2.28. The third-order valence-corrected chi connectivity index (χ3v) is 2.35. The van der Waals surface area contributed by atoms with E-state index in [2.05, 4.69) is 15.5 Å². The maximum absolute atomic E-state index is 5.49. The summed E-state index contributed by atoms with van der Waals surface area (Å²) < 4.78 is 5.49. The van der Waals surface area contributed by atoms with E-state index >= 15 is 0 Å². The molecule has 0 atom stereocenters. The van der Waals surface area contributed by atoms with E-state index < -0.39 is 0 Å². The molecule has 15 heavy (non-hydrogen) atoms. The molecule has 1 aromatic heterocycles. The average Bonchev–Trinajstić information content (AvgIpc) is 2.87. The zero-order valence-electron chi connectivity index (χ0n) is 8.74. The SMILES string of the molecule is Cl.c1cc(CNCCOCC2CC2)[nH]n1. The number of hydrogen-bond acceptors (Lipinski definition) is 3. The van der Waals surface area contributed by atoms with Crippen LogP contribution in [-0.4, -0.2) is 30.0 Å². The van der Waals surface area contributed by atoms with E-state index in [1.807, 2.05) is 6.07 Å². The number of H-pyrrole nitrogens is 1. The van der Waals surface area contributed by atoms with Gasteiger partial charge in [-0.2, -0.15) is 5.10 Å². The molecule has 86 valence electrons. The fourth-order valence-corrected chi connectivity index (χ4v) is 1.29. The molecular formula is C10H18ClN3O. The van der Waals surface area contributed by atoms with Crippen LogP contribution < -0.4 is 5.32 Å². The second-order valence-corrected chi connectivity index (χ2v) is 3.78. The Morgan fingerprint density at radius 1 is 1.53 bits per heavy atom. The Morgan fingerprint density at radius 2 is 2.40 bits per heavy atom. The molecule has 0 spiro atoms. The molecular weight excluding hydrogens is 214 g/mol. The summed E-state index contributed by atoms with van der Waals surface area (Å²) >= 11 is 0. The van der Waals surface area contributed by atoms with E-state index in [1.165, 1.54) is 12.8 Å². The second-order valence-electron chi connectivity index (χ2n) is 3.78. The maximum atomic E-state index is 5.49. The Labute approximate surface area is 96.2 Å². The molecule has 1 aliphatic carbocycles. The fraction of sp³-hybridized carbons (Fsp3) is 0.700. The largest absolute Gasteiger partial charge is 0.380 e. The van der Waals surface area contributed by atoms with Gasteiger partial charge in [0.25, 0.3) is 0 Å². The van der Waals surface area contributed by atoms with Crippen molar-refractivity contribution < 1.29 is 4.74 Å². The lowest BCUT2D eigenvalue weighted by Gasteiger charge is -2.04. The van der Waals surface area contributed by atoms with Crippen LogP contribution in [0.5, 0.6) is 0 Å². The van der Waals surface area contributed by atoms with Gasteiger partial charge in [0.1, 0.15) is 0 Å². The minimum Gasteiger partial charge on any atom is -0.380 e. The summed E-state index contributed by atoms with van der Waals surface area (Å²) in [6.45, 7) is 3.51. The van der Waals surface area contributed by atoms with Gasteiger partial charge in [-0.1, -0.05) is 0 Å². The number of halogens is 1. The Hall–Kier alpha value is -0.580. The van der Waals surface area contributed by atoms with Crippen molar-refractivity contribution in [1.29, 1.82) is 0 Å². The Bertz CT molecular complexity index is 249. The van der Waals surface area contributed by atoms with Gasteiger partial charge in [-0.15, -0.1) is 12.4 Å². The van der Waals surface area contributed by atoms with Crippen LogP contribution in [0.15, 0.2) is 12.3 Å². The van der Waals surface area contributed by atoms with Crippen LogP contribution in [0.2, 0.25) is 0 Å². The molecule has 1 aromatic rings. The number of nitrogens with zero attached hydrogens (tertiary/aromatic N) is 1. The average molecular weight is 232 g/mol. The van der Waals surface area contributed by atoms with Crippen LogP contribution >= 0.6 is 12.4 Å². The minimum absolute atomic E-state index is 0. The molecule has 0 aromatic carbocycles. The second kappa shape index (κ2) is 6.82. The first-order valence-electron chi connectivity index (χ1n) is 5.22. The maximum Gasteiger partial charge on any atom is 0.0591 e. The third kappa shape index (κ3) is 5.16. The van der Waals surface area contributed by atoms with Crippen molar-refractivity contribution in [2.24, 2.45) is 5.92 Å². The lowest BCUT2D eigenvalue weighted by atomic mass is 10.4. The summed E-state index contributed by atoms with van der Waals surface area (Å²) in [5, 5.41) is 10.1. The van der Waals surface area contributed by atoms with E-state index in [1.54, 1.807) is 6.20 Å². The highest BCUT2D eigenvalue weighted by atomic mass is 35.5. The van der Waals surface area contributed by atoms with Crippen molar-refractivity contribution in [2.75, 3.05) is 19.8 Å². The third-order valence-electron chi connectivity index (χ3n) is 2.35. The van der Waals surface area contributed by atoms with Crippen LogP contribution in [0.1, 0.15) is 18.5 Å². The van der Waals surface area contributed by atoms with Gasteiger partial charge in [0, 0.05) is 31.6 Å². The van der Waals surface area contributed by atoms with Crippen LogP contribution in [0.3, 0.4) is 0 Å². The molecule has 0 aliphatic heterocycles. The van der Waals surface area contributed by atoms with Gasteiger partial charge < -0.3 is 10.1 Å². The highest BCUT2D eigenvalue weighted by Gasteiger charge is 2.20. The first-order chi connectivity index (χ1) is 6.95. The van der Waals surface area contributed by atoms with E-state index in [0.717, 1.165) is 37.9 Å². The van der Waals surface area contributed by atoms with Gasteiger partial charge >= 0.3 is 0 Å². The monoisotopic (exact) mass is 231 g/mol. The summed E-state index contributed by atoms with van der Waals surface area (Å²) in [5.41, 5.74) is 1.12. The highest BCUT2D eigenvalue weighted by molar-refractivity contribution is 5.85. The van der Waals surface area contributed by atoms with Gasteiger partial charge in [-0.05, 0) is 24.8 Å². The normalized spacial score (nSPS) is 14.9. The molecule has 2 rings (SSSR count). The molecule has 1 saturated carbocycles. The molecule has 5 heteroatoms. The minimum atomic E-state index is 0. The van der Waals surface area contributed by atoms with Gasteiger partial charge in [0.2, 0.25) is 0 Å². The number of hydrogen-bond donors (Lipinski definition) is 2. The van der Waals surface area contributed by atoms with Crippen LogP contribution in [0, 0.1) is 5.92 Å². The fourth-order valence-electron chi connectivity index (χ4n) is 1.29. The molecule has 0 bridgehead atoms. The zero-order chi connectivity index (χ0) is 9.64. The number of aromatic amines is 1. The molecule has 1 aliphatic rings. The molecule has 0 radical (unpaired) electrons. The predicted molar refractivity (Wildman–Crippen MR) is 61.1 cm³/mol. The Balaban J connectivity index is 0.00000112. The number of ether oxygens (including phenoxy) is 1. The molecule has 0 unspecified atom stereocenters. The number of rotatable bonds is 7. The Kier molecular flexibility index (Phi) is 5.68. The smallest absolute Gasteiger partial charge is 0.0591 e. The zero-order valence-corrected chi connectivity index (χ0v) is 9.55. The molecule has 4 nitrogen and oxygen atoms in total. The predicted octanol–water partition coefficient (Wildman–Crippen LogP) is 1.35. The molecule has 1 heterocycles. The molecule has 1 fully saturated rings. The lowest BCUT2D eigenvalue weighted by molar-refractivity contribution is 0.126. The summed E-state index contributed by atoms with van der Waals surface area (Å²) in [6, 6.07) is 1.97. The quantitative estimate of drug-likeness (QED) is 0.697. The van der Waals surface area contributed by atoms with Gasteiger partial charge in [0.05, 0.1) is 6.61 Å². The lowest BCUT2D eigenvalue weighted by Crippen LogP contribution is -2.19. The van der Waals surface area contributed by atoms with Gasteiger partial charge in [-0.3, -0.25) is 5.10 Å². The molecule has 0 amide bonds. The summed E-state index contributed by atoms with van der Waals surface area (Å²) in [6.07, 6.45) is 4.49. The molecule has 0 saturated heterocycles. The number of nitrogens with one attached hydrogen (secondary N) is 2. The molecule has 2 N–H and O–H groups in total. The first kappa shape index (κ1) is 12.5. The van der Waals surface area contributed by atoms with Crippen LogP contribution in [0.25, 0.3) is 0 Å². The van der Waals surface area contributed by atoms with Crippen molar-refractivity contribution in [3.8, 4) is 0 Å². The van der Waals surface area contributed by atoms with Crippen LogP contribution in [0.4, 0.5) is 0 Å². The topological polar surface area (TPSA) is 49.9 Å². The number of aromatic nitrogens is 2.